The molecule has 8 heteroatoms. The van der Waals surface area contributed by atoms with Gasteiger partial charge in [-0.05, 0) is 29.6 Å². The van der Waals surface area contributed by atoms with Crippen LogP contribution >= 0.6 is 11.3 Å². The number of rotatable bonds is 4. The molecule has 0 amide bonds. The lowest BCUT2D eigenvalue weighted by Gasteiger charge is -2.04. The number of H-pyrrole nitrogens is 2. The Morgan fingerprint density at radius 3 is 2.71 bits per heavy atom. The highest BCUT2D eigenvalue weighted by Crippen LogP contribution is 2.35. The summed E-state index contributed by atoms with van der Waals surface area (Å²) in [5.74, 6) is 0.703. The molecule has 31 heavy (non-hydrogen) atoms. The maximum Gasteiger partial charge on any atom is 0.181 e. The van der Waals surface area contributed by atoms with Gasteiger partial charge in [-0.3, -0.25) is 15.1 Å². The fraction of sp³-hybridized carbons (Fsp3) is 0.0435. The van der Waals surface area contributed by atoms with Crippen LogP contribution in [0.4, 0.5) is 0 Å². The molecule has 0 saturated heterocycles. The van der Waals surface area contributed by atoms with Crippen LogP contribution in [0.5, 0.6) is 5.75 Å². The zero-order valence-electron chi connectivity index (χ0n) is 16.5. The predicted octanol–water partition coefficient (Wildman–Crippen LogP) is 5.30. The molecule has 0 aliphatic carbocycles. The molecule has 0 fully saturated rings. The minimum Gasteiger partial charge on any atom is -0.495 e. The molecule has 0 saturated carbocycles. The molecule has 0 spiro atoms. The van der Waals surface area contributed by atoms with Crippen molar-refractivity contribution in [1.82, 2.24) is 30.1 Å². The minimum absolute atomic E-state index is 0.657. The third-order valence-electron chi connectivity index (χ3n) is 5.29. The molecule has 6 aromatic heterocycles. The normalized spacial score (nSPS) is 11.4. The van der Waals surface area contributed by atoms with Crippen LogP contribution in [0, 0.1) is 0 Å². The fourth-order valence-corrected chi connectivity index (χ4v) is 4.52. The molecular weight excluding hydrogens is 408 g/mol. The van der Waals surface area contributed by atoms with Gasteiger partial charge in [-0.25, -0.2) is 4.98 Å². The third kappa shape index (κ3) is 2.96. The maximum absolute atomic E-state index is 5.31. The van der Waals surface area contributed by atoms with E-state index in [1.807, 2.05) is 18.5 Å². The van der Waals surface area contributed by atoms with Gasteiger partial charge in [0.15, 0.2) is 5.65 Å². The fourth-order valence-electron chi connectivity index (χ4n) is 3.77. The van der Waals surface area contributed by atoms with Crippen molar-refractivity contribution < 1.29 is 4.74 Å². The Morgan fingerprint density at radius 1 is 0.935 bits per heavy atom. The van der Waals surface area contributed by atoms with E-state index in [1.54, 1.807) is 37.0 Å². The summed E-state index contributed by atoms with van der Waals surface area (Å²) in [6.07, 6.45) is 9.04. The summed E-state index contributed by atoms with van der Waals surface area (Å²) in [6.45, 7) is 0. The van der Waals surface area contributed by atoms with E-state index in [0.29, 0.717) is 11.4 Å². The first-order valence-electron chi connectivity index (χ1n) is 9.64. The Kier molecular flexibility index (Phi) is 4.03. The number of methoxy groups -OCH3 is 1. The van der Waals surface area contributed by atoms with Gasteiger partial charge in [0.05, 0.1) is 36.4 Å². The second-order valence-electron chi connectivity index (χ2n) is 7.12. The monoisotopic (exact) mass is 424 g/mol. The van der Waals surface area contributed by atoms with Crippen molar-refractivity contribution in [3.05, 3.63) is 66.7 Å². The number of pyridine rings is 3. The molecule has 7 nitrogen and oxygen atoms in total. The van der Waals surface area contributed by atoms with Gasteiger partial charge in [0.1, 0.15) is 5.75 Å². The number of thiophene rings is 1. The second-order valence-corrected chi connectivity index (χ2v) is 8.06. The number of aromatic nitrogens is 6. The lowest BCUT2D eigenvalue weighted by Crippen LogP contribution is -1.87. The van der Waals surface area contributed by atoms with Gasteiger partial charge in [0.25, 0.3) is 0 Å². The van der Waals surface area contributed by atoms with Crippen LogP contribution in [0.2, 0.25) is 0 Å². The summed E-state index contributed by atoms with van der Waals surface area (Å²) in [5.41, 5.74) is 6.44. The van der Waals surface area contributed by atoms with Gasteiger partial charge in [-0.2, -0.15) is 5.10 Å². The molecule has 6 rings (SSSR count). The van der Waals surface area contributed by atoms with Crippen LogP contribution in [0.1, 0.15) is 0 Å². The van der Waals surface area contributed by atoms with E-state index in [2.05, 4.69) is 59.8 Å². The molecular formula is C23H16N6OS. The zero-order valence-corrected chi connectivity index (χ0v) is 17.3. The number of nitrogens with zero attached hydrogens (tertiary/aromatic N) is 4. The van der Waals surface area contributed by atoms with Gasteiger partial charge in [-0.1, -0.05) is 6.07 Å². The first-order valence-corrected chi connectivity index (χ1v) is 10.5. The molecule has 0 aliphatic heterocycles. The summed E-state index contributed by atoms with van der Waals surface area (Å²) in [7, 11) is 1.63. The molecule has 0 bridgehead atoms. The molecule has 150 valence electrons. The van der Waals surface area contributed by atoms with Crippen LogP contribution in [-0.4, -0.2) is 37.2 Å². The lowest BCUT2D eigenvalue weighted by atomic mass is 10.1. The molecule has 6 heterocycles. The van der Waals surface area contributed by atoms with E-state index < -0.39 is 0 Å². The van der Waals surface area contributed by atoms with Crippen molar-refractivity contribution in [2.24, 2.45) is 0 Å². The van der Waals surface area contributed by atoms with Gasteiger partial charge in [0.2, 0.25) is 0 Å². The van der Waals surface area contributed by atoms with Crippen molar-refractivity contribution in [2.75, 3.05) is 7.11 Å². The average molecular weight is 424 g/mol. The number of aromatic amines is 2. The maximum atomic E-state index is 5.31. The summed E-state index contributed by atoms with van der Waals surface area (Å²) < 4.78 is 5.31. The highest BCUT2D eigenvalue weighted by Gasteiger charge is 2.15. The molecule has 0 atom stereocenters. The Morgan fingerprint density at radius 2 is 1.84 bits per heavy atom. The van der Waals surface area contributed by atoms with Crippen molar-refractivity contribution in [1.29, 1.82) is 0 Å². The van der Waals surface area contributed by atoms with E-state index in [-0.39, 0.29) is 0 Å². The molecule has 0 unspecified atom stereocenters. The van der Waals surface area contributed by atoms with Crippen LogP contribution in [0.3, 0.4) is 0 Å². The molecule has 0 aliphatic rings. The zero-order chi connectivity index (χ0) is 20.8. The number of ether oxygens (including phenoxy) is 1. The Hall–Kier alpha value is -4.04. The summed E-state index contributed by atoms with van der Waals surface area (Å²) >= 11 is 1.70. The second kappa shape index (κ2) is 7.03. The van der Waals surface area contributed by atoms with Crippen LogP contribution in [0.15, 0.2) is 66.7 Å². The lowest BCUT2D eigenvalue weighted by molar-refractivity contribution is 0.413. The number of hydrogen-bond donors (Lipinski definition) is 2. The van der Waals surface area contributed by atoms with Gasteiger partial charge in [0, 0.05) is 50.9 Å². The van der Waals surface area contributed by atoms with Crippen molar-refractivity contribution in [3.63, 3.8) is 0 Å². The Balaban J connectivity index is 1.50. The van der Waals surface area contributed by atoms with E-state index in [0.717, 1.165) is 44.4 Å². The Labute approximate surface area is 180 Å². The summed E-state index contributed by atoms with van der Waals surface area (Å²) in [5, 5.41) is 11.7. The largest absolute Gasteiger partial charge is 0.495 e. The molecule has 0 aromatic carbocycles. The highest BCUT2D eigenvalue weighted by molar-refractivity contribution is 7.13. The predicted molar refractivity (Wildman–Crippen MR) is 122 cm³/mol. The SMILES string of the molecule is COc1cncc(-c2cnc3n[nH]c(-c4cc5c(-c6cccs6)cncc5[nH]4)c3c2)c1. The quantitative estimate of drug-likeness (QED) is 0.401. The van der Waals surface area contributed by atoms with E-state index >= 15 is 0 Å². The van der Waals surface area contributed by atoms with Gasteiger partial charge in [-0.15, -0.1) is 11.3 Å². The van der Waals surface area contributed by atoms with Crippen molar-refractivity contribution in [3.8, 4) is 38.7 Å². The number of nitrogens with one attached hydrogen (secondary N) is 2. The summed E-state index contributed by atoms with van der Waals surface area (Å²) in [4.78, 5) is 17.9. The van der Waals surface area contributed by atoms with Crippen LogP contribution in [-0.2, 0) is 0 Å². The van der Waals surface area contributed by atoms with Gasteiger partial charge < -0.3 is 9.72 Å². The molecule has 2 N–H and O–H groups in total. The standard InChI is InChI=1S/C23H16N6OS/c1-30-15-5-13(8-24-10-15)14-6-17-22(28-29-23(17)26-9-14)19-7-16-18(21-3-2-4-31-21)11-25-12-20(16)27-19/h2-12,27H,1H3,(H,26,28,29). The molecule has 0 radical (unpaired) electrons. The minimum atomic E-state index is 0.657. The average Bonchev–Trinajstić information content (AvgIpc) is 3.57. The first-order chi connectivity index (χ1) is 15.3. The van der Waals surface area contributed by atoms with Crippen molar-refractivity contribution in [2.45, 2.75) is 0 Å². The summed E-state index contributed by atoms with van der Waals surface area (Å²) in [6, 6.07) is 10.3. The van der Waals surface area contributed by atoms with E-state index in [1.165, 1.54) is 4.88 Å². The van der Waals surface area contributed by atoms with E-state index in [9.17, 15) is 0 Å². The number of hydrogen-bond acceptors (Lipinski definition) is 6. The van der Waals surface area contributed by atoms with Crippen molar-refractivity contribution >= 4 is 33.3 Å². The van der Waals surface area contributed by atoms with Crippen LogP contribution < -0.4 is 4.74 Å². The topological polar surface area (TPSA) is 92.4 Å². The van der Waals surface area contributed by atoms with Crippen LogP contribution in [0.25, 0.3) is 54.9 Å². The smallest absolute Gasteiger partial charge is 0.181 e. The first kappa shape index (κ1) is 17.8. The third-order valence-corrected chi connectivity index (χ3v) is 6.20. The van der Waals surface area contributed by atoms with E-state index in [4.69, 9.17) is 4.74 Å². The highest BCUT2D eigenvalue weighted by atomic mass is 32.1. The Bertz CT molecular complexity index is 1530. The van der Waals surface area contributed by atoms with Gasteiger partial charge >= 0.3 is 0 Å². The molecule has 6 aromatic rings. The number of fused-ring (bicyclic) bond motifs is 2.